The maximum atomic E-state index is 12.5. The van der Waals surface area contributed by atoms with Crippen LogP contribution in [-0.4, -0.2) is 28.2 Å². The quantitative estimate of drug-likeness (QED) is 0.905. The molecule has 0 atom stereocenters. The molecule has 1 amide bonds. The number of nitrogens with zero attached hydrogens (tertiary/aromatic N) is 2. The molecule has 1 heterocycles. The maximum Gasteiger partial charge on any atom is 0.416 e. The third-order valence-corrected chi connectivity index (χ3v) is 2.33. The summed E-state index contributed by atoms with van der Waals surface area (Å²) in [7, 11) is 1.33. The van der Waals surface area contributed by atoms with Gasteiger partial charge in [-0.2, -0.15) is 18.2 Å². The summed E-state index contributed by atoms with van der Waals surface area (Å²) >= 11 is 0. The number of hydrogen-bond acceptors (Lipinski definition) is 4. The molecule has 106 valence electrons. The van der Waals surface area contributed by atoms with E-state index in [4.69, 9.17) is 4.74 Å². The van der Waals surface area contributed by atoms with Crippen LogP contribution in [0, 0.1) is 0 Å². The molecule has 0 aliphatic heterocycles. The summed E-state index contributed by atoms with van der Waals surface area (Å²) < 4.78 is 42.3. The van der Waals surface area contributed by atoms with Crippen LogP contribution in [0.15, 0.2) is 24.3 Å². The standard InChI is InChI=1S/C11H9F3N4O2/c1-20-10-16-9(17-18-10)15-8(19)6-3-2-4-7(5-6)11(12,13)14/h2-5H,1H3,(H2,15,16,17,18,19). The van der Waals surface area contributed by atoms with Crippen LogP contribution in [0.1, 0.15) is 15.9 Å². The number of ether oxygens (including phenoxy) is 1. The third-order valence-electron chi connectivity index (χ3n) is 2.33. The highest BCUT2D eigenvalue weighted by molar-refractivity contribution is 6.03. The van der Waals surface area contributed by atoms with Crippen LogP contribution in [0.4, 0.5) is 19.1 Å². The predicted octanol–water partition coefficient (Wildman–Crippen LogP) is 2.08. The van der Waals surface area contributed by atoms with E-state index in [2.05, 4.69) is 20.5 Å². The highest BCUT2D eigenvalue weighted by atomic mass is 19.4. The van der Waals surface area contributed by atoms with Gasteiger partial charge in [-0.15, -0.1) is 5.10 Å². The predicted molar refractivity (Wildman–Crippen MR) is 62.3 cm³/mol. The Morgan fingerprint density at radius 1 is 1.40 bits per heavy atom. The summed E-state index contributed by atoms with van der Waals surface area (Å²) in [6.45, 7) is 0. The molecule has 0 fully saturated rings. The first-order valence-electron chi connectivity index (χ1n) is 5.35. The molecule has 2 rings (SSSR count). The summed E-state index contributed by atoms with van der Waals surface area (Å²) in [5, 5.41) is 8.22. The van der Waals surface area contributed by atoms with Crippen molar-refractivity contribution in [2.24, 2.45) is 0 Å². The van der Waals surface area contributed by atoms with E-state index >= 15 is 0 Å². The van der Waals surface area contributed by atoms with Gasteiger partial charge in [0.2, 0.25) is 5.95 Å². The fraction of sp³-hybridized carbons (Fsp3) is 0.182. The van der Waals surface area contributed by atoms with Crippen molar-refractivity contribution >= 4 is 11.9 Å². The Labute approximate surface area is 111 Å². The molecule has 0 unspecified atom stereocenters. The molecule has 0 saturated heterocycles. The molecule has 0 aliphatic rings. The molecule has 20 heavy (non-hydrogen) atoms. The second-order valence-electron chi connectivity index (χ2n) is 3.70. The molecule has 0 radical (unpaired) electrons. The van der Waals surface area contributed by atoms with E-state index in [-0.39, 0.29) is 17.5 Å². The molecule has 6 nitrogen and oxygen atoms in total. The van der Waals surface area contributed by atoms with Gasteiger partial charge in [-0.3, -0.25) is 10.1 Å². The number of hydrogen-bond donors (Lipinski definition) is 2. The zero-order valence-electron chi connectivity index (χ0n) is 10.2. The molecule has 2 N–H and O–H groups in total. The van der Waals surface area contributed by atoms with Crippen molar-refractivity contribution in [3.63, 3.8) is 0 Å². The molecular formula is C11H9F3N4O2. The molecule has 0 bridgehead atoms. The monoisotopic (exact) mass is 286 g/mol. The van der Waals surface area contributed by atoms with E-state index in [0.717, 1.165) is 18.2 Å². The fourth-order valence-electron chi connectivity index (χ4n) is 1.41. The zero-order valence-corrected chi connectivity index (χ0v) is 10.2. The van der Waals surface area contributed by atoms with E-state index in [1.807, 2.05) is 0 Å². The van der Waals surface area contributed by atoms with Crippen LogP contribution in [-0.2, 0) is 6.18 Å². The molecule has 1 aromatic heterocycles. The highest BCUT2D eigenvalue weighted by Gasteiger charge is 2.30. The number of nitrogens with one attached hydrogen (secondary N) is 2. The van der Waals surface area contributed by atoms with Gasteiger partial charge in [0, 0.05) is 5.56 Å². The number of H-pyrrole nitrogens is 1. The lowest BCUT2D eigenvalue weighted by atomic mass is 10.1. The average Bonchev–Trinajstić information content (AvgIpc) is 2.85. The number of methoxy groups -OCH3 is 1. The van der Waals surface area contributed by atoms with Gasteiger partial charge in [0.1, 0.15) is 0 Å². The number of carbonyl (C=O) groups excluding carboxylic acids is 1. The number of aromatic amines is 1. The number of benzene rings is 1. The number of alkyl halides is 3. The largest absolute Gasteiger partial charge is 0.466 e. The smallest absolute Gasteiger partial charge is 0.416 e. The molecule has 2 aromatic rings. The number of amides is 1. The number of carbonyl (C=O) groups is 1. The Morgan fingerprint density at radius 3 is 2.75 bits per heavy atom. The summed E-state index contributed by atoms with van der Waals surface area (Å²) in [6.07, 6.45) is -4.51. The Bertz CT molecular complexity index is 624. The summed E-state index contributed by atoms with van der Waals surface area (Å²) in [4.78, 5) is 15.5. The van der Waals surface area contributed by atoms with Crippen LogP contribution in [0.25, 0.3) is 0 Å². The van der Waals surface area contributed by atoms with Gasteiger partial charge >= 0.3 is 12.2 Å². The number of anilines is 1. The summed E-state index contributed by atoms with van der Waals surface area (Å²) in [5.74, 6) is -0.765. The van der Waals surface area contributed by atoms with Gasteiger partial charge in [-0.25, -0.2) is 5.10 Å². The van der Waals surface area contributed by atoms with Crippen molar-refractivity contribution in [3.8, 4) is 6.01 Å². The van der Waals surface area contributed by atoms with Crippen molar-refractivity contribution in [1.29, 1.82) is 0 Å². The van der Waals surface area contributed by atoms with Crippen molar-refractivity contribution < 1.29 is 22.7 Å². The average molecular weight is 286 g/mol. The fourth-order valence-corrected chi connectivity index (χ4v) is 1.41. The van der Waals surface area contributed by atoms with E-state index in [1.54, 1.807) is 0 Å². The van der Waals surface area contributed by atoms with Gasteiger partial charge in [0.25, 0.3) is 5.91 Å². The van der Waals surface area contributed by atoms with Gasteiger partial charge in [-0.05, 0) is 18.2 Å². The topological polar surface area (TPSA) is 79.9 Å². The van der Waals surface area contributed by atoms with E-state index < -0.39 is 17.6 Å². The minimum atomic E-state index is -4.51. The number of aromatic nitrogens is 3. The molecule has 0 saturated carbocycles. The second kappa shape index (κ2) is 5.19. The van der Waals surface area contributed by atoms with Crippen LogP contribution in [0.2, 0.25) is 0 Å². The second-order valence-corrected chi connectivity index (χ2v) is 3.70. The molecule has 1 aromatic carbocycles. The van der Waals surface area contributed by atoms with E-state index in [1.165, 1.54) is 13.2 Å². The summed E-state index contributed by atoms with van der Waals surface area (Å²) in [5.41, 5.74) is -1.05. The SMILES string of the molecule is COc1n[nH]c(NC(=O)c2cccc(C(F)(F)F)c2)n1. The van der Waals surface area contributed by atoms with Gasteiger partial charge in [-0.1, -0.05) is 6.07 Å². The summed E-state index contributed by atoms with van der Waals surface area (Å²) in [6, 6.07) is 4.05. The van der Waals surface area contributed by atoms with Gasteiger partial charge < -0.3 is 4.74 Å². The Hall–Kier alpha value is -2.58. The molecular weight excluding hydrogens is 277 g/mol. The first-order chi connectivity index (χ1) is 9.40. The van der Waals surface area contributed by atoms with Crippen molar-refractivity contribution in [2.45, 2.75) is 6.18 Å². The van der Waals surface area contributed by atoms with Crippen LogP contribution in [0.3, 0.4) is 0 Å². The van der Waals surface area contributed by atoms with Crippen LogP contribution in [0.5, 0.6) is 6.01 Å². The van der Waals surface area contributed by atoms with Crippen molar-refractivity contribution in [1.82, 2.24) is 15.2 Å². The van der Waals surface area contributed by atoms with Crippen LogP contribution < -0.4 is 10.1 Å². The lowest BCUT2D eigenvalue weighted by Crippen LogP contribution is -2.14. The van der Waals surface area contributed by atoms with Gasteiger partial charge in [0.15, 0.2) is 0 Å². The lowest BCUT2D eigenvalue weighted by molar-refractivity contribution is -0.137. The van der Waals surface area contributed by atoms with E-state index in [9.17, 15) is 18.0 Å². The number of rotatable bonds is 3. The minimum absolute atomic E-state index is 0.00402. The third kappa shape index (κ3) is 3.05. The molecule has 0 spiro atoms. The zero-order chi connectivity index (χ0) is 14.8. The minimum Gasteiger partial charge on any atom is -0.466 e. The normalized spacial score (nSPS) is 11.2. The lowest BCUT2D eigenvalue weighted by Gasteiger charge is -2.08. The molecule has 9 heteroatoms. The maximum absolute atomic E-state index is 12.5. The first kappa shape index (κ1) is 13.8. The Kier molecular flexibility index (Phi) is 3.59. The number of halogens is 3. The molecule has 0 aliphatic carbocycles. The first-order valence-corrected chi connectivity index (χ1v) is 5.35. The van der Waals surface area contributed by atoms with Crippen LogP contribution >= 0.6 is 0 Å². The van der Waals surface area contributed by atoms with Crippen molar-refractivity contribution in [2.75, 3.05) is 12.4 Å². The Balaban J connectivity index is 2.17. The van der Waals surface area contributed by atoms with E-state index in [0.29, 0.717) is 0 Å². The van der Waals surface area contributed by atoms with Gasteiger partial charge in [0.05, 0.1) is 12.7 Å². The van der Waals surface area contributed by atoms with Crippen molar-refractivity contribution in [3.05, 3.63) is 35.4 Å². The highest BCUT2D eigenvalue weighted by Crippen LogP contribution is 2.29. The Morgan fingerprint density at radius 2 is 2.15 bits per heavy atom.